The van der Waals surface area contributed by atoms with Crippen LogP contribution in [0.2, 0.25) is 5.02 Å². The first-order valence-electron chi connectivity index (χ1n) is 6.21. The molecule has 4 nitrogen and oxygen atoms in total. The summed E-state index contributed by atoms with van der Waals surface area (Å²) in [7, 11) is 0. The topological polar surface area (TPSA) is 68.0 Å². The molecule has 2 aromatic rings. The first kappa shape index (κ1) is 15.1. The Hall–Kier alpha value is -1.30. The van der Waals surface area contributed by atoms with Crippen molar-refractivity contribution in [1.29, 1.82) is 0 Å². The average Bonchev–Trinajstić information content (AvgIpc) is 2.44. The summed E-state index contributed by atoms with van der Waals surface area (Å²) in [5.74, 6) is 0.636. The lowest BCUT2D eigenvalue weighted by Gasteiger charge is -2.13. The molecule has 0 unspecified atom stereocenters. The van der Waals surface area contributed by atoms with E-state index in [-0.39, 0.29) is 5.91 Å². The molecule has 0 bridgehead atoms. The fraction of sp³-hybridized carbons (Fsp3) is 0.286. The first-order chi connectivity index (χ1) is 9.61. The maximum absolute atomic E-state index is 12.1. The van der Waals surface area contributed by atoms with E-state index in [9.17, 15) is 4.79 Å². The van der Waals surface area contributed by atoms with Crippen LogP contribution in [0.5, 0.6) is 0 Å². The van der Waals surface area contributed by atoms with Crippen LogP contribution in [0, 0.1) is 0 Å². The van der Waals surface area contributed by atoms with Crippen molar-refractivity contribution >= 4 is 45.9 Å². The fourth-order valence-electron chi connectivity index (χ4n) is 1.85. The highest BCUT2D eigenvalue weighted by Crippen LogP contribution is 2.26. The van der Waals surface area contributed by atoms with Gasteiger partial charge in [-0.15, -0.1) is 0 Å². The number of amides is 1. The smallest absolute Gasteiger partial charge is 0.241 e. The van der Waals surface area contributed by atoms with Crippen molar-refractivity contribution in [3.63, 3.8) is 0 Å². The van der Waals surface area contributed by atoms with Crippen molar-refractivity contribution in [2.45, 2.75) is 12.5 Å². The number of rotatable bonds is 5. The zero-order valence-corrected chi connectivity index (χ0v) is 12.7. The summed E-state index contributed by atoms with van der Waals surface area (Å²) in [5.41, 5.74) is 7.16. The summed E-state index contributed by atoms with van der Waals surface area (Å²) < 4.78 is 0. The number of anilines is 1. The number of halogens is 1. The predicted octanol–water partition coefficient (Wildman–Crippen LogP) is 2.91. The Labute approximate surface area is 127 Å². The second-order valence-electron chi connectivity index (χ2n) is 4.41. The van der Waals surface area contributed by atoms with Gasteiger partial charge in [0.25, 0.3) is 0 Å². The number of carbonyl (C=O) groups excluding carboxylic acids is 1. The Kier molecular flexibility index (Phi) is 5.23. The number of nitrogens with zero attached hydrogens (tertiary/aromatic N) is 1. The van der Waals surface area contributed by atoms with Crippen molar-refractivity contribution in [3.8, 4) is 0 Å². The third-order valence-corrected chi connectivity index (χ3v) is 3.76. The van der Waals surface area contributed by atoms with E-state index in [2.05, 4.69) is 10.3 Å². The van der Waals surface area contributed by atoms with E-state index in [4.69, 9.17) is 17.3 Å². The summed E-state index contributed by atoms with van der Waals surface area (Å²) in [4.78, 5) is 16.3. The van der Waals surface area contributed by atoms with E-state index in [0.29, 0.717) is 22.6 Å². The third-order valence-electron chi connectivity index (χ3n) is 2.90. The van der Waals surface area contributed by atoms with Gasteiger partial charge < -0.3 is 11.1 Å². The number of thioether (sulfide) groups is 1. The number of hydrogen-bond acceptors (Lipinski definition) is 4. The highest BCUT2D eigenvalue weighted by atomic mass is 35.5. The Morgan fingerprint density at radius 3 is 3.10 bits per heavy atom. The predicted molar refractivity (Wildman–Crippen MR) is 86.4 cm³/mol. The summed E-state index contributed by atoms with van der Waals surface area (Å²) >= 11 is 7.72. The van der Waals surface area contributed by atoms with Crippen LogP contribution in [0.25, 0.3) is 10.9 Å². The molecule has 2 rings (SSSR count). The summed E-state index contributed by atoms with van der Waals surface area (Å²) in [5, 5.41) is 4.25. The molecule has 0 aliphatic rings. The normalized spacial score (nSPS) is 12.3. The molecule has 1 aromatic heterocycles. The van der Waals surface area contributed by atoms with Crippen LogP contribution < -0.4 is 11.1 Å². The van der Waals surface area contributed by atoms with E-state index in [1.54, 1.807) is 24.0 Å². The minimum atomic E-state index is -0.528. The summed E-state index contributed by atoms with van der Waals surface area (Å²) in [6.07, 6.45) is 4.30. The Balaban J connectivity index is 2.23. The maximum Gasteiger partial charge on any atom is 0.241 e. The fourth-order valence-corrected chi connectivity index (χ4v) is 2.57. The zero-order chi connectivity index (χ0) is 14.5. The van der Waals surface area contributed by atoms with Crippen molar-refractivity contribution in [3.05, 3.63) is 35.5 Å². The van der Waals surface area contributed by atoms with Crippen LogP contribution in [0.4, 0.5) is 5.69 Å². The van der Waals surface area contributed by atoms with Gasteiger partial charge >= 0.3 is 0 Å². The van der Waals surface area contributed by atoms with Crippen LogP contribution in [0.1, 0.15) is 6.42 Å². The molecule has 0 aliphatic carbocycles. The molecule has 3 N–H and O–H groups in total. The Morgan fingerprint density at radius 2 is 2.35 bits per heavy atom. The van der Waals surface area contributed by atoms with Gasteiger partial charge in [-0.1, -0.05) is 17.7 Å². The standard InChI is InChI=1S/C14H16ClN3OS/c1-20-6-4-11(16)14(19)18-12-8-10(15)7-9-3-2-5-17-13(9)12/h2-3,5,7-8,11H,4,6,16H2,1H3,(H,18,19)/t11-/m0/s1. The molecule has 1 aromatic carbocycles. The SMILES string of the molecule is CSCC[C@H](N)C(=O)Nc1cc(Cl)cc2cccnc12. The molecule has 6 heteroatoms. The maximum atomic E-state index is 12.1. The number of benzene rings is 1. The van der Waals surface area contributed by atoms with E-state index < -0.39 is 6.04 Å². The van der Waals surface area contributed by atoms with Crippen molar-refractivity contribution < 1.29 is 4.79 Å². The molecule has 0 aliphatic heterocycles. The molecule has 1 amide bonds. The molecule has 0 saturated carbocycles. The van der Waals surface area contributed by atoms with Crippen LogP contribution >= 0.6 is 23.4 Å². The Bertz CT molecular complexity index is 620. The zero-order valence-electron chi connectivity index (χ0n) is 11.1. The first-order valence-corrected chi connectivity index (χ1v) is 7.98. The van der Waals surface area contributed by atoms with E-state index in [1.165, 1.54) is 0 Å². The van der Waals surface area contributed by atoms with Gasteiger partial charge in [-0.05, 0) is 36.6 Å². The second-order valence-corrected chi connectivity index (χ2v) is 5.83. The summed E-state index contributed by atoms with van der Waals surface area (Å²) in [6.45, 7) is 0. The molecule has 106 valence electrons. The third kappa shape index (κ3) is 3.62. The van der Waals surface area contributed by atoms with E-state index >= 15 is 0 Å². The van der Waals surface area contributed by atoms with E-state index in [1.807, 2.05) is 24.5 Å². The number of fused-ring (bicyclic) bond motifs is 1. The second kappa shape index (κ2) is 6.92. The molecule has 1 atom stereocenters. The minimum absolute atomic E-state index is 0.215. The van der Waals surface area contributed by atoms with Crippen LogP contribution in [0.15, 0.2) is 30.5 Å². The molecule has 0 fully saturated rings. The summed E-state index contributed by atoms with van der Waals surface area (Å²) in [6, 6.07) is 6.70. The lowest BCUT2D eigenvalue weighted by atomic mass is 10.1. The van der Waals surface area contributed by atoms with Gasteiger partial charge in [0.15, 0.2) is 0 Å². The molecular weight excluding hydrogens is 294 g/mol. The van der Waals surface area contributed by atoms with Gasteiger partial charge in [0.05, 0.1) is 17.2 Å². The molecular formula is C14H16ClN3OS. The average molecular weight is 310 g/mol. The number of nitrogens with one attached hydrogen (secondary N) is 1. The van der Waals surface area contributed by atoms with Gasteiger partial charge in [-0.3, -0.25) is 9.78 Å². The van der Waals surface area contributed by atoms with Crippen LogP contribution in [-0.2, 0) is 4.79 Å². The Morgan fingerprint density at radius 1 is 1.55 bits per heavy atom. The number of carbonyl (C=O) groups is 1. The minimum Gasteiger partial charge on any atom is -0.323 e. The van der Waals surface area contributed by atoms with Gasteiger partial charge in [0, 0.05) is 16.6 Å². The van der Waals surface area contributed by atoms with Crippen LogP contribution in [-0.4, -0.2) is 28.9 Å². The lowest BCUT2D eigenvalue weighted by Crippen LogP contribution is -2.36. The van der Waals surface area contributed by atoms with Crippen molar-refractivity contribution in [2.75, 3.05) is 17.3 Å². The number of pyridine rings is 1. The number of aromatic nitrogens is 1. The monoisotopic (exact) mass is 309 g/mol. The molecule has 0 spiro atoms. The van der Waals surface area contributed by atoms with E-state index in [0.717, 1.165) is 11.1 Å². The van der Waals surface area contributed by atoms with Crippen molar-refractivity contribution in [1.82, 2.24) is 4.98 Å². The van der Waals surface area contributed by atoms with Crippen molar-refractivity contribution in [2.24, 2.45) is 5.73 Å². The quantitative estimate of drug-likeness (QED) is 0.891. The van der Waals surface area contributed by atoms with Gasteiger partial charge in [0.1, 0.15) is 0 Å². The highest BCUT2D eigenvalue weighted by molar-refractivity contribution is 7.98. The van der Waals surface area contributed by atoms with Gasteiger partial charge in [-0.25, -0.2) is 0 Å². The van der Waals surface area contributed by atoms with Gasteiger partial charge in [-0.2, -0.15) is 11.8 Å². The molecule has 0 saturated heterocycles. The lowest BCUT2D eigenvalue weighted by molar-refractivity contribution is -0.117. The molecule has 0 radical (unpaired) electrons. The number of hydrogen-bond donors (Lipinski definition) is 2. The largest absolute Gasteiger partial charge is 0.323 e. The highest BCUT2D eigenvalue weighted by Gasteiger charge is 2.15. The van der Waals surface area contributed by atoms with Gasteiger partial charge in [0.2, 0.25) is 5.91 Å². The number of nitrogens with two attached hydrogens (primary N) is 1. The van der Waals surface area contributed by atoms with Crippen LogP contribution in [0.3, 0.4) is 0 Å². The molecule has 1 heterocycles. The molecule has 20 heavy (non-hydrogen) atoms.